The highest BCUT2D eigenvalue weighted by Crippen LogP contribution is 2.32. The normalized spacial score (nSPS) is 14.2. The van der Waals surface area contributed by atoms with Gasteiger partial charge in [0, 0.05) is 19.3 Å². The molecule has 0 amide bonds. The van der Waals surface area contributed by atoms with Crippen LogP contribution in [-0.4, -0.2) is 55.7 Å². The summed E-state index contributed by atoms with van der Waals surface area (Å²) in [5, 5.41) is 0. The van der Waals surface area contributed by atoms with Crippen molar-refractivity contribution in [3.63, 3.8) is 0 Å². The van der Waals surface area contributed by atoms with E-state index in [4.69, 9.17) is 34.2 Å². The Kier molecular flexibility index (Phi) is 14.6. The van der Waals surface area contributed by atoms with Gasteiger partial charge in [0.2, 0.25) is 0 Å². The lowest BCUT2D eigenvalue weighted by Crippen LogP contribution is -2.51. The fraction of sp³-hybridized carbons (Fsp3) is 0.667. The number of benzene rings is 1. The topological polar surface area (TPSA) is 150 Å². The van der Waals surface area contributed by atoms with Gasteiger partial charge in [0.15, 0.2) is 11.5 Å². The molecule has 2 unspecified atom stereocenters. The van der Waals surface area contributed by atoms with Gasteiger partial charge in [-0.3, -0.25) is 9.59 Å². The summed E-state index contributed by atoms with van der Waals surface area (Å²) >= 11 is 0. The molecule has 1 rings (SSSR count). The second-order valence-corrected chi connectivity index (χ2v) is 11.3. The quantitative estimate of drug-likeness (QED) is 0.157. The van der Waals surface area contributed by atoms with Crippen molar-refractivity contribution in [1.29, 1.82) is 0 Å². The first-order valence-electron chi connectivity index (χ1n) is 14.0. The van der Waals surface area contributed by atoms with E-state index in [0.717, 1.165) is 0 Å². The fourth-order valence-corrected chi connectivity index (χ4v) is 3.29. The molecule has 0 fully saturated rings. The highest BCUT2D eigenvalue weighted by atomic mass is 16.8. The Morgan fingerprint density at radius 2 is 1.37 bits per heavy atom. The Labute approximate surface area is 243 Å². The Hall–Kier alpha value is -3.34. The fourth-order valence-electron chi connectivity index (χ4n) is 3.29. The average molecular weight is 582 g/mol. The first-order chi connectivity index (χ1) is 19.1. The molecule has 41 heavy (non-hydrogen) atoms. The van der Waals surface area contributed by atoms with Crippen LogP contribution in [0.15, 0.2) is 18.2 Å². The predicted molar refractivity (Wildman–Crippen MR) is 152 cm³/mol. The third-order valence-corrected chi connectivity index (χ3v) is 6.69. The molecule has 0 aromatic heterocycles. The molecule has 0 heterocycles. The van der Waals surface area contributed by atoms with E-state index < -0.39 is 36.0 Å². The van der Waals surface area contributed by atoms with Crippen LogP contribution in [0.25, 0.3) is 0 Å². The molecule has 2 N–H and O–H groups in total. The van der Waals surface area contributed by atoms with Crippen molar-refractivity contribution in [1.82, 2.24) is 0 Å². The molecule has 0 aliphatic heterocycles. The van der Waals surface area contributed by atoms with Gasteiger partial charge in [-0.2, -0.15) is 0 Å². The van der Waals surface area contributed by atoms with Gasteiger partial charge in [-0.1, -0.05) is 47.6 Å². The molecule has 0 saturated heterocycles. The van der Waals surface area contributed by atoms with Gasteiger partial charge in [-0.05, 0) is 55.7 Å². The molecule has 0 saturated carbocycles. The van der Waals surface area contributed by atoms with E-state index in [1.54, 1.807) is 19.9 Å². The van der Waals surface area contributed by atoms with Crippen molar-refractivity contribution in [2.45, 2.75) is 98.8 Å². The molecule has 0 spiro atoms. The minimum absolute atomic E-state index is 0.0190. The SMILES string of the molecule is COC(=O)[C@@](N)(CCOC(=O)CCC(C)C)Cc1ccc(OC(=O)OC(C)C(C)C)c(OC(=O)OC(C)C(C)C)c1. The van der Waals surface area contributed by atoms with Gasteiger partial charge >= 0.3 is 24.2 Å². The Balaban J connectivity index is 3.19. The van der Waals surface area contributed by atoms with Crippen LogP contribution in [0.1, 0.15) is 80.2 Å². The molecular weight excluding hydrogens is 534 g/mol. The van der Waals surface area contributed by atoms with E-state index in [1.807, 2.05) is 41.5 Å². The first-order valence-corrected chi connectivity index (χ1v) is 14.0. The third-order valence-electron chi connectivity index (χ3n) is 6.69. The Bertz CT molecular complexity index is 1020. The van der Waals surface area contributed by atoms with Crippen LogP contribution in [0.3, 0.4) is 0 Å². The predicted octanol–water partition coefficient (Wildman–Crippen LogP) is 5.59. The largest absolute Gasteiger partial charge is 0.514 e. The molecule has 1 aromatic rings. The van der Waals surface area contributed by atoms with Gasteiger partial charge in [0.1, 0.15) is 17.7 Å². The summed E-state index contributed by atoms with van der Waals surface area (Å²) in [6.45, 7) is 14.9. The van der Waals surface area contributed by atoms with Crippen molar-refractivity contribution < 1.29 is 47.6 Å². The number of ether oxygens (including phenoxy) is 6. The minimum atomic E-state index is -1.56. The highest BCUT2D eigenvalue weighted by Gasteiger charge is 2.36. The number of esters is 2. The lowest BCUT2D eigenvalue weighted by molar-refractivity contribution is -0.151. The Morgan fingerprint density at radius 3 is 1.85 bits per heavy atom. The maximum atomic E-state index is 12.7. The zero-order valence-corrected chi connectivity index (χ0v) is 25.8. The maximum Gasteiger partial charge on any atom is 0.514 e. The zero-order valence-electron chi connectivity index (χ0n) is 25.8. The summed E-state index contributed by atoms with van der Waals surface area (Å²) in [7, 11) is 1.21. The van der Waals surface area contributed by atoms with E-state index >= 15 is 0 Å². The number of nitrogens with two attached hydrogens (primary N) is 1. The summed E-state index contributed by atoms with van der Waals surface area (Å²) in [6.07, 6.45) is -1.97. The van der Waals surface area contributed by atoms with Gasteiger partial charge in [-0.15, -0.1) is 0 Å². The molecule has 11 nitrogen and oxygen atoms in total. The second-order valence-electron chi connectivity index (χ2n) is 11.3. The van der Waals surface area contributed by atoms with E-state index in [2.05, 4.69) is 0 Å². The van der Waals surface area contributed by atoms with Crippen LogP contribution in [0.4, 0.5) is 9.59 Å². The standard InChI is InChI=1S/C30H47NO10/c1-18(2)10-13-26(32)37-15-14-30(31,27(33)36-9)17-23-11-12-24(40-28(34)38-21(7)19(3)4)25(16-23)41-29(35)39-22(8)20(5)6/h11-12,16,18-22H,10,13-15,17,31H2,1-9H3/t21?,22?,30-/m1/s1. The second kappa shape index (κ2) is 16.8. The summed E-state index contributed by atoms with van der Waals surface area (Å²) in [4.78, 5) is 49.6. The molecule has 3 atom stereocenters. The molecule has 232 valence electrons. The first kappa shape index (κ1) is 35.7. The van der Waals surface area contributed by atoms with Crippen molar-refractivity contribution in [2.75, 3.05) is 13.7 Å². The Morgan fingerprint density at radius 1 is 0.829 bits per heavy atom. The van der Waals surface area contributed by atoms with Gasteiger partial charge in [0.25, 0.3) is 0 Å². The monoisotopic (exact) mass is 581 g/mol. The van der Waals surface area contributed by atoms with Crippen molar-refractivity contribution >= 4 is 24.2 Å². The number of hydrogen-bond acceptors (Lipinski definition) is 11. The zero-order chi connectivity index (χ0) is 31.3. The van der Waals surface area contributed by atoms with Gasteiger partial charge in [-0.25, -0.2) is 9.59 Å². The van der Waals surface area contributed by atoms with E-state index in [1.165, 1.54) is 19.2 Å². The average Bonchev–Trinajstić information content (AvgIpc) is 2.88. The van der Waals surface area contributed by atoms with Crippen LogP contribution >= 0.6 is 0 Å². The lowest BCUT2D eigenvalue weighted by Gasteiger charge is -2.27. The van der Waals surface area contributed by atoms with Gasteiger partial charge in [0.05, 0.1) is 13.7 Å². The van der Waals surface area contributed by atoms with Crippen molar-refractivity contribution in [3.8, 4) is 11.5 Å². The summed E-state index contributed by atoms with van der Waals surface area (Å²) in [5.41, 5.74) is 5.34. The molecule has 0 aliphatic carbocycles. The number of hydrogen-bond donors (Lipinski definition) is 1. The minimum Gasteiger partial charge on any atom is -0.468 e. The number of rotatable bonds is 15. The molecule has 0 aliphatic rings. The van der Waals surface area contributed by atoms with E-state index in [9.17, 15) is 19.2 Å². The summed E-state index contributed by atoms with van der Waals surface area (Å²) in [5.74, 6) is -0.881. The molecule has 0 bridgehead atoms. The molecular formula is C30H47NO10. The van der Waals surface area contributed by atoms with Crippen LogP contribution in [0.2, 0.25) is 0 Å². The van der Waals surface area contributed by atoms with Crippen LogP contribution < -0.4 is 15.2 Å². The van der Waals surface area contributed by atoms with E-state index in [0.29, 0.717) is 17.9 Å². The molecule has 0 radical (unpaired) electrons. The summed E-state index contributed by atoms with van der Waals surface area (Å²) in [6, 6.07) is 4.37. The van der Waals surface area contributed by atoms with Crippen LogP contribution in [-0.2, 0) is 35.0 Å². The lowest BCUT2D eigenvalue weighted by atomic mass is 9.88. The number of carbonyl (C=O) groups excluding carboxylic acids is 4. The maximum absolute atomic E-state index is 12.7. The summed E-state index contributed by atoms with van der Waals surface area (Å²) < 4.78 is 31.5. The van der Waals surface area contributed by atoms with Crippen LogP contribution in [0, 0.1) is 17.8 Å². The molecule has 1 aromatic carbocycles. The molecule has 11 heteroatoms. The van der Waals surface area contributed by atoms with Crippen molar-refractivity contribution in [2.24, 2.45) is 23.5 Å². The highest BCUT2D eigenvalue weighted by molar-refractivity contribution is 5.81. The van der Waals surface area contributed by atoms with Gasteiger partial charge < -0.3 is 34.2 Å². The number of carbonyl (C=O) groups is 4. The number of methoxy groups -OCH3 is 1. The van der Waals surface area contributed by atoms with E-state index in [-0.39, 0.29) is 55.2 Å². The third kappa shape index (κ3) is 12.8. The van der Waals surface area contributed by atoms with Crippen LogP contribution in [0.5, 0.6) is 11.5 Å². The van der Waals surface area contributed by atoms with Crippen molar-refractivity contribution in [3.05, 3.63) is 23.8 Å². The smallest absolute Gasteiger partial charge is 0.468 e.